The first-order chi connectivity index (χ1) is 14.9. The van der Waals surface area contributed by atoms with Gasteiger partial charge >= 0.3 is 6.18 Å². The number of aryl methyl sites for hydroxylation is 1. The van der Waals surface area contributed by atoms with Crippen molar-refractivity contribution in [1.29, 1.82) is 0 Å². The monoisotopic (exact) mass is 467 g/mol. The van der Waals surface area contributed by atoms with E-state index in [0.717, 1.165) is 18.0 Å². The molecular formula is C21H20F3N3O4S. The smallest absolute Gasteiger partial charge is 0.434 e. The molecule has 11 heteroatoms. The van der Waals surface area contributed by atoms with Crippen LogP contribution in [-0.4, -0.2) is 42.7 Å². The average Bonchev–Trinajstić information content (AvgIpc) is 3.14. The van der Waals surface area contributed by atoms with Crippen LogP contribution >= 0.6 is 0 Å². The Labute approximate surface area is 182 Å². The van der Waals surface area contributed by atoms with Crippen LogP contribution in [0.15, 0.2) is 54.7 Å². The van der Waals surface area contributed by atoms with Crippen molar-refractivity contribution in [2.75, 3.05) is 23.9 Å². The molecule has 3 rings (SSSR count). The van der Waals surface area contributed by atoms with Crippen LogP contribution in [0, 0.1) is 6.92 Å². The fraction of sp³-hybridized carbons (Fsp3) is 0.238. The van der Waals surface area contributed by atoms with Crippen molar-refractivity contribution in [3.63, 3.8) is 0 Å². The maximum Gasteiger partial charge on any atom is 0.434 e. The third-order valence-electron chi connectivity index (χ3n) is 4.38. The zero-order chi connectivity index (χ0) is 23.5. The van der Waals surface area contributed by atoms with Crippen LogP contribution in [0.1, 0.15) is 21.6 Å². The molecule has 1 amide bonds. The number of aromatic nitrogens is 2. The molecule has 0 unspecified atom stereocenters. The Balaban J connectivity index is 1.84. The molecule has 0 bridgehead atoms. The molecule has 1 N–H and O–H groups in total. The highest BCUT2D eigenvalue weighted by atomic mass is 32.2. The van der Waals surface area contributed by atoms with E-state index in [1.165, 1.54) is 36.4 Å². The van der Waals surface area contributed by atoms with Crippen molar-refractivity contribution < 1.29 is 31.1 Å². The molecule has 1 aromatic heterocycles. The summed E-state index contributed by atoms with van der Waals surface area (Å²) >= 11 is 0. The van der Waals surface area contributed by atoms with Gasteiger partial charge in [0.15, 0.2) is 15.5 Å². The van der Waals surface area contributed by atoms with Gasteiger partial charge in [-0.2, -0.15) is 18.3 Å². The molecule has 1 heterocycles. The predicted molar refractivity (Wildman–Crippen MR) is 113 cm³/mol. The number of amides is 1. The second-order valence-electron chi connectivity index (χ2n) is 7.11. The van der Waals surface area contributed by atoms with Gasteiger partial charge in [0.05, 0.1) is 23.2 Å². The number of carbonyl (C=O) groups is 1. The van der Waals surface area contributed by atoms with Crippen molar-refractivity contribution in [2.45, 2.75) is 13.1 Å². The van der Waals surface area contributed by atoms with Crippen LogP contribution in [0.2, 0.25) is 0 Å². The lowest BCUT2D eigenvalue weighted by Gasteiger charge is -2.13. The van der Waals surface area contributed by atoms with Crippen LogP contribution in [0.5, 0.6) is 5.75 Å². The fourth-order valence-electron chi connectivity index (χ4n) is 2.84. The number of anilines is 1. The number of hydrogen-bond donors (Lipinski definition) is 1. The van der Waals surface area contributed by atoms with Crippen molar-refractivity contribution in [1.82, 2.24) is 9.78 Å². The van der Waals surface area contributed by atoms with E-state index in [2.05, 4.69) is 10.4 Å². The quantitative estimate of drug-likeness (QED) is 0.570. The topological polar surface area (TPSA) is 90.3 Å². The number of nitrogens with one attached hydrogen (secondary N) is 1. The molecule has 3 aromatic rings. The van der Waals surface area contributed by atoms with Crippen LogP contribution in [0.25, 0.3) is 5.69 Å². The Morgan fingerprint density at radius 1 is 1.16 bits per heavy atom. The highest BCUT2D eigenvalue weighted by molar-refractivity contribution is 7.90. The predicted octanol–water partition coefficient (Wildman–Crippen LogP) is 3.88. The summed E-state index contributed by atoms with van der Waals surface area (Å²) in [7, 11) is -3.21. The minimum absolute atomic E-state index is 0.0994. The third-order valence-corrected chi connectivity index (χ3v) is 5.28. The summed E-state index contributed by atoms with van der Waals surface area (Å²) in [5, 5.41) is 6.18. The van der Waals surface area contributed by atoms with Crippen molar-refractivity contribution in [2.24, 2.45) is 0 Å². The third kappa shape index (κ3) is 5.88. The van der Waals surface area contributed by atoms with Crippen molar-refractivity contribution in [3.05, 3.63) is 71.5 Å². The number of alkyl halides is 3. The molecule has 0 saturated carbocycles. The summed E-state index contributed by atoms with van der Waals surface area (Å²) < 4.78 is 69.8. The van der Waals surface area contributed by atoms with E-state index in [1.807, 2.05) is 0 Å². The first kappa shape index (κ1) is 23.3. The maximum atomic E-state index is 13.8. The zero-order valence-electron chi connectivity index (χ0n) is 17.2. The summed E-state index contributed by atoms with van der Waals surface area (Å²) in [4.78, 5) is 12.7. The van der Waals surface area contributed by atoms with Gasteiger partial charge in [0.1, 0.15) is 12.4 Å². The number of nitrogens with zero attached hydrogens (tertiary/aromatic N) is 2. The van der Waals surface area contributed by atoms with Crippen LogP contribution in [0.3, 0.4) is 0 Å². The number of benzene rings is 2. The Morgan fingerprint density at radius 3 is 2.47 bits per heavy atom. The largest absolute Gasteiger partial charge is 0.492 e. The normalized spacial score (nSPS) is 11.9. The fourth-order valence-corrected chi connectivity index (χ4v) is 3.23. The molecule has 0 aliphatic carbocycles. The summed E-state index contributed by atoms with van der Waals surface area (Å²) in [5.74, 6) is -0.932. The molecule has 0 atom stereocenters. The van der Waals surface area contributed by atoms with E-state index in [0.29, 0.717) is 4.68 Å². The molecule has 0 radical (unpaired) electrons. The molecule has 32 heavy (non-hydrogen) atoms. The SMILES string of the molecule is Cc1ccc(-n2ncc(C(=O)Nc3cccc(OCCS(C)(=O)=O)c3)c2C(F)(F)F)cc1. The minimum atomic E-state index is -4.83. The Morgan fingerprint density at radius 2 is 1.84 bits per heavy atom. The van der Waals surface area contributed by atoms with E-state index in [4.69, 9.17) is 4.74 Å². The maximum absolute atomic E-state index is 13.8. The van der Waals surface area contributed by atoms with Crippen LogP contribution in [0.4, 0.5) is 18.9 Å². The zero-order valence-corrected chi connectivity index (χ0v) is 18.0. The van der Waals surface area contributed by atoms with Gasteiger partial charge in [-0.15, -0.1) is 0 Å². The number of ether oxygens (including phenoxy) is 1. The second kappa shape index (κ2) is 9.03. The lowest BCUT2D eigenvalue weighted by Crippen LogP contribution is -2.20. The van der Waals surface area contributed by atoms with Crippen LogP contribution in [-0.2, 0) is 16.0 Å². The summed E-state index contributed by atoms with van der Waals surface area (Å²) in [6, 6.07) is 12.2. The van der Waals surface area contributed by atoms with E-state index in [-0.39, 0.29) is 29.5 Å². The Hall–Kier alpha value is -3.34. The summed E-state index contributed by atoms with van der Waals surface area (Å²) in [6.45, 7) is 1.70. The molecule has 2 aromatic carbocycles. The molecule has 0 aliphatic rings. The van der Waals surface area contributed by atoms with Crippen molar-refractivity contribution >= 4 is 21.4 Å². The minimum Gasteiger partial charge on any atom is -0.492 e. The number of rotatable bonds is 7. The summed E-state index contributed by atoms with van der Waals surface area (Å²) in [6.07, 6.45) is -2.89. The molecule has 7 nitrogen and oxygen atoms in total. The van der Waals surface area contributed by atoms with Gasteiger partial charge in [0.2, 0.25) is 0 Å². The number of sulfone groups is 1. The first-order valence-corrected chi connectivity index (χ1v) is 11.4. The van der Waals surface area contributed by atoms with Gasteiger partial charge in [-0.05, 0) is 31.2 Å². The molecule has 0 fully saturated rings. The van der Waals surface area contributed by atoms with Gasteiger partial charge in [-0.3, -0.25) is 4.79 Å². The van der Waals surface area contributed by atoms with Gasteiger partial charge in [0.25, 0.3) is 5.91 Å². The molecule has 0 spiro atoms. The van der Waals surface area contributed by atoms with Gasteiger partial charge < -0.3 is 10.1 Å². The molecular weight excluding hydrogens is 447 g/mol. The highest BCUT2D eigenvalue weighted by Crippen LogP contribution is 2.34. The van der Waals surface area contributed by atoms with E-state index < -0.39 is 33.2 Å². The lowest BCUT2D eigenvalue weighted by atomic mass is 10.2. The second-order valence-corrected chi connectivity index (χ2v) is 9.37. The van der Waals surface area contributed by atoms with Gasteiger partial charge in [-0.25, -0.2) is 13.1 Å². The molecule has 170 valence electrons. The first-order valence-electron chi connectivity index (χ1n) is 9.38. The van der Waals surface area contributed by atoms with Crippen molar-refractivity contribution in [3.8, 4) is 11.4 Å². The lowest BCUT2D eigenvalue weighted by molar-refractivity contribution is -0.143. The van der Waals surface area contributed by atoms with E-state index in [9.17, 15) is 26.4 Å². The average molecular weight is 467 g/mol. The Kier molecular flexibility index (Phi) is 6.58. The van der Waals surface area contributed by atoms with E-state index >= 15 is 0 Å². The highest BCUT2D eigenvalue weighted by Gasteiger charge is 2.40. The standard InChI is InChI=1S/C21H20F3N3O4S/c1-14-6-8-16(9-7-14)27-19(21(22,23)24)18(13-25-27)20(28)26-15-4-3-5-17(12-15)31-10-11-32(2,29)30/h3-9,12-13H,10-11H2,1-2H3,(H,26,28). The Bertz CT molecular complexity index is 1220. The molecule has 0 aliphatic heterocycles. The van der Waals surface area contributed by atoms with Gasteiger partial charge in [-0.1, -0.05) is 23.8 Å². The number of hydrogen-bond acceptors (Lipinski definition) is 5. The van der Waals surface area contributed by atoms with Gasteiger partial charge in [0, 0.05) is 18.0 Å². The van der Waals surface area contributed by atoms with E-state index in [1.54, 1.807) is 19.1 Å². The summed E-state index contributed by atoms with van der Waals surface area (Å²) in [5.41, 5.74) is -0.613. The molecule has 0 saturated heterocycles. The van der Waals surface area contributed by atoms with Crippen LogP contribution < -0.4 is 10.1 Å². The number of halogens is 3. The number of carbonyl (C=O) groups excluding carboxylic acids is 1.